The van der Waals surface area contributed by atoms with E-state index in [-0.39, 0.29) is 6.10 Å². The molecule has 3 heteroatoms. The summed E-state index contributed by atoms with van der Waals surface area (Å²) in [5.74, 6) is 1.07. The van der Waals surface area contributed by atoms with Gasteiger partial charge < -0.3 is 10.0 Å². The van der Waals surface area contributed by atoms with Crippen LogP contribution in [0.5, 0.6) is 0 Å². The Morgan fingerprint density at radius 2 is 1.88 bits per heavy atom. The van der Waals surface area contributed by atoms with Crippen molar-refractivity contribution >= 4 is 11.8 Å². The molecule has 2 nitrogen and oxygen atoms in total. The smallest absolute Gasteiger partial charge is 0.0772 e. The zero-order chi connectivity index (χ0) is 12.7. The molecule has 0 spiro atoms. The number of nitrogens with zero attached hydrogens (tertiary/aromatic N) is 1. The summed E-state index contributed by atoms with van der Waals surface area (Å²) < 4.78 is 0. The third-order valence-electron chi connectivity index (χ3n) is 2.93. The van der Waals surface area contributed by atoms with E-state index in [1.165, 1.54) is 4.90 Å². The zero-order valence-corrected chi connectivity index (χ0v) is 11.8. The van der Waals surface area contributed by atoms with Crippen molar-refractivity contribution in [3.8, 4) is 0 Å². The Labute approximate surface area is 109 Å². The molecule has 0 unspecified atom stereocenters. The number of aliphatic hydroxyl groups excluding tert-OH is 1. The van der Waals surface area contributed by atoms with E-state index in [0.717, 1.165) is 31.0 Å². The van der Waals surface area contributed by atoms with Crippen molar-refractivity contribution in [3.63, 3.8) is 0 Å². The molecule has 1 N–H and O–H groups in total. The zero-order valence-electron chi connectivity index (χ0n) is 11.0. The molecule has 0 amide bonds. The molecule has 96 valence electrons. The molecule has 0 bridgehead atoms. The number of benzene rings is 1. The molecule has 0 saturated heterocycles. The van der Waals surface area contributed by atoms with Crippen LogP contribution in [-0.2, 0) is 0 Å². The van der Waals surface area contributed by atoms with E-state index in [2.05, 4.69) is 24.8 Å². The highest BCUT2D eigenvalue weighted by Gasteiger charge is 2.07. The first-order valence-electron chi connectivity index (χ1n) is 6.31. The maximum atomic E-state index is 9.68. The van der Waals surface area contributed by atoms with Crippen LogP contribution in [0.1, 0.15) is 32.4 Å². The number of rotatable bonds is 7. The van der Waals surface area contributed by atoms with Crippen LogP contribution in [0.2, 0.25) is 0 Å². The second-order valence-electron chi connectivity index (χ2n) is 4.09. The van der Waals surface area contributed by atoms with Crippen LogP contribution in [0.4, 0.5) is 0 Å². The Hall–Kier alpha value is -0.510. The van der Waals surface area contributed by atoms with E-state index in [1.54, 1.807) is 0 Å². The average Bonchev–Trinajstić information content (AvgIpc) is 2.35. The minimum atomic E-state index is -0.382. The SMILES string of the molecule is CCN(CC)CCSc1ccccc1[C@H](C)O. The third kappa shape index (κ3) is 4.70. The summed E-state index contributed by atoms with van der Waals surface area (Å²) in [6.45, 7) is 9.52. The van der Waals surface area contributed by atoms with Crippen molar-refractivity contribution < 1.29 is 5.11 Å². The molecule has 0 heterocycles. The van der Waals surface area contributed by atoms with Crippen molar-refractivity contribution in [2.75, 3.05) is 25.4 Å². The lowest BCUT2D eigenvalue weighted by molar-refractivity contribution is 0.196. The van der Waals surface area contributed by atoms with Gasteiger partial charge in [0.15, 0.2) is 0 Å². The molecular weight excluding hydrogens is 230 g/mol. The van der Waals surface area contributed by atoms with Crippen LogP contribution in [0.25, 0.3) is 0 Å². The van der Waals surface area contributed by atoms with Gasteiger partial charge in [0.1, 0.15) is 0 Å². The van der Waals surface area contributed by atoms with E-state index in [0.29, 0.717) is 0 Å². The van der Waals surface area contributed by atoms with Gasteiger partial charge in [-0.15, -0.1) is 11.8 Å². The molecule has 0 aliphatic rings. The molecule has 0 fully saturated rings. The van der Waals surface area contributed by atoms with E-state index in [4.69, 9.17) is 0 Å². The van der Waals surface area contributed by atoms with Gasteiger partial charge in [0.05, 0.1) is 6.10 Å². The Morgan fingerprint density at radius 1 is 1.24 bits per heavy atom. The molecule has 0 radical (unpaired) electrons. The molecule has 0 aliphatic carbocycles. The summed E-state index contributed by atoms with van der Waals surface area (Å²) in [4.78, 5) is 3.62. The lowest BCUT2D eigenvalue weighted by Crippen LogP contribution is -2.25. The maximum Gasteiger partial charge on any atom is 0.0772 e. The highest BCUT2D eigenvalue weighted by molar-refractivity contribution is 7.99. The minimum Gasteiger partial charge on any atom is -0.389 e. The number of hydrogen-bond acceptors (Lipinski definition) is 3. The van der Waals surface area contributed by atoms with Crippen LogP contribution >= 0.6 is 11.8 Å². The molecule has 1 aromatic carbocycles. The first-order valence-corrected chi connectivity index (χ1v) is 7.29. The lowest BCUT2D eigenvalue weighted by atomic mass is 10.1. The number of aliphatic hydroxyl groups is 1. The fourth-order valence-electron chi connectivity index (χ4n) is 1.78. The van der Waals surface area contributed by atoms with Crippen LogP contribution in [-0.4, -0.2) is 35.4 Å². The fraction of sp³-hybridized carbons (Fsp3) is 0.571. The van der Waals surface area contributed by atoms with Gasteiger partial charge in [0.2, 0.25) is 0 Å². The van der Waals surface area contributed by atoms with Crippen LogP contribution in [0.3, 0.4) is 0 Å². The summed E-state index contributed by atoms with van der Waals surface area (Å²) in [5.41, 5.74) is 1.04. The predicted octanol–water partition coefficient (Wildman–Crippen LogP) is 3.17. The van der Waals surface area contributed by atoms with Crippen molar-refractivity contribution in [2.24, 2.45) is 0 Å². The normalized spacial score (nSPS) is 13.0. The molecule has 1 atom stereocenters. The maximum absolute atomic E-state index is 9.68. The Bertz CT molecular complexity index is 324. The van der Waals surface area contributed by atoms with Crippen LogP contribution in [0, 0.1) is 0 Å². The van der Waals surface area contributed by atoms with Crippen LogP contribution in [0.15, 0.2) is 29.2 Å². The summed E-state index contributed by atoms with van der Waals surface area (Å²) in [5, 5.41) is 9.68. The monoisotopic (exact) mass is 253 g/mol. The van der Waals surface area contributed by atoms with E-state index in [1.807, 2.05) is 36.9 Å². The van der Waals surface area contributed by atoms with E-state index >= 15 is 0 Å². The lowest BCUT2D eigenvalue weighted by Gasteiger charge is -2.18. The van der Waals surface area contributed by atoms with Gasteiger partial charge in [-0.2, -0.15) is 0 Å². The molecule has 17 heavy (non-hydrogen) atoms. The van der Waals surface area contributed by atoms with Crippen molar-refractivity contribution in [2.45, 2.75) is 31.8 Å². The summed E-state index contributed by atoms with van der Waals surface area (Å²) >= 11 is 1.83. The molecular formula is C14H23NOS. The highest BCUT2D eigenvalue weighted by atomic mass is 32.2. The molecule has 0 aliphatic heterocycles. The van der Waals surface area contributed by atoms with Gasteiger partial charge in [-0.1, -0.05) is 32.0 Å². The summed E-state index contributed by atoms with van der Waals surface area (Å²) in [6.07, 6.45) is -0.382. The Kier molecular flexibility index (Phi) is 6.63. The molecule has 0 aromatic heterocycles. The fourth-order valence-corrected chi connectivity index (χ4v) is 2.93. The summed E-state index contributed by atoms with van der Waals surface area (Å²) in [7, 11) is 0. The molecule has 1 aromatic rings. The van der Waals surface area contributed by atoms with E-state index < -0.39 is 0 Å². The topological polar surface area (TPSA) is 23.5 Å². The number of hydrogen-bond donors (Lipinski definition) is 1. The van der Waals surface area contributed by atoms with Gasteiger partial charge in [0.25, 0.3) is 0 Å². The quantitative estimate of drug-likeness (QED) is 0.755. The van der Waals surface area contributed by atoms with Gasteiger partial charge in [-0.3, -0.25) is 0 Å². The predicted molar refractivity (Wildman–Crippen MR) is 75.6 cm³/mol. The van der Waals surface area contributed by atoms with Crippen molar-refractivity contribution in [1.82, 2.24) is 4.90 Å². The van der Waals surface area contributed by atoms with Gasteiger partial charge in [-0.05, 0) is 31.6 Å². The third-order valence-corrected chi connectivity index (χ3v) is 4.00. The standard InChI is InChI=1S/C14H23NOS/c1-4-15(5-2)10-11-17-14-9-7-6-8-13(14)12(3)16/h6-9,12,16H,4-5,10-11H2,1-3H3/t12-/m0/s1. The second-order valence-corrected chi connectivity index (χ2v) is 5.23. The first kappa shape index (κ1) is 14.6. The Balaban J connectivity index is 2.51. The largest absolute Gasteiger partial charge is 0.389 e. The van der Waals surface area contributed by atoms with E-state index in [9.17, 15) is 5.11 Å². The van der Waals surface area contributed by atoms with Gasteiger partial charge >= 0.3 is 0 Å². The highest BCUT2D eigenvalue weighted by Crippen LogP contribution is 2.27. The van der Waals surface area contributed by atoms with Crippen LogP contribution < -0.4 is 0 Å². The van der Waals surface area contributed by atoms with Crippen molar-refractivity contribution in [3.05, 3.63) is 29.8 Å². The second kappa shape index (κ2) is 7.75. The molecule has 1 rings (SSSR count). The summed E-state index contributed by atoms with van der Waals surface area (Å²) in [6, 6.07) is 8.11. The molecule has 0 saturated carbocycles. The Morgan fingerprint density at radius 3 is 2.47 bits per heavy atom. The number of thioether (sulfide) groups is 1. The van der Waals surface area contributed by atoms with Crippen molar-refractivity contribution in [1.29, 1.82) is 0 Å². The minimum absolute atomic E-state index is 0.382. The first-order chi connectivity index (χ1) is 8.19. The van der Waals surface area contributed by atoms with Gasteiger partial charge in [-0.25, -0.2) is 0 Å². The van der Waals surface area contributed by atoms with Gasteiger partial charge in [0, 0.05) is 17.2 Å². The average molecular weight is 253 g/mol.